The second-order valence-electron chi connectivity index (χ2n) is 8.83. The number of imide groups is 1. The number of para-hydroxylation sites is 1. The SMILES string of the molecule is O=C1C2C3C[C@@H](C2C(=O)N1c1ccccc1)[C@@H]1Cc2sc(=O)[nH]c2S[C@H]31.c1ccccc1. The lowest BCUT2D eigenvalue weighted by atomic mass is 9.73. The number of nitrogens with zero attached hydrogens (tertiary/aromatic N) is 1. The van der Waals surface area contributed by atoms with Crippen LogP contribution in [0.2, 0.25) is 0 Å². The van der Waals surface area contributed by atoms with Crippen molar-refractivity contribution in [1.29, 1.82) is 0 Å². The number of nitrogens with one attached hydrogen (secondary N) is 1. The fourth-order valence-corrected chi connectivity index (χ4v) is 8.84. The van der Waals surface area contributed by atoms with Crippen molar-refractivity contribution in [2.45, 2.75) is 23.1 Å². The number of H-pyrrole nitrogens is 1. The van der Waals surface area contributed by atoms with E-state index in [-0.39, 0.29) is 40.4 Å². The third kappa shape index (κ3) is 3.02. The molecule has 5 nitrogen and oxygen atoms in total. The molecule has 2 aromatic carbocycles. The van der Waals surface area contributed by atoms with Crippen LogP contribution >= 0.6 is 23.1 Å². The first-order chi connectivity index (χ1) is 15.6. The van der Waals surface area contributed by atoms with Crippen LogP contribution in [-0.4, -0.2) is 22.0 Å². The number of hydrogen-bond acceptors (Lipinski definition) is 5. The Kier molecular flexibility index (Phi) is 4.84. The van der Waals surface area contributed by atoms with Gasteiger partial charge in [-0.1, -0.05) is 65.9 Å². The highest BCUT2D eigenvalue weighted by Crippen LogP contribution is 2.65. The second kappa shape index (κ2) is 7.74. The minimum atomic E-state index is -0.187. The number of amides is 2. The molecular weight excluding hydrogens is 440 g/mol. The zero-order valence-corrected chi connectivity index (χ0v) is 18.9. The van der Waals surface area contributed by atoms with Gasteiger partial charge in [-0.25, -0.2) is 0 Å². The highest BCUT2D eigenvalue weighted by molar-refractivity contribution is 8.00. The molecule has 2 saturated carbocycles. The molecular formula is C25H22N2O3S2. The van der Waals surface area contributed by atoms with Gasteiger partial charge in [-0.3, -0.25) is 19.3 Å². The molecule has 1 N–H and O–H groups in total. The summed E-state index contributed by atoms with van der Waals surface area (Å²) in [5.41, 5.74) is 0.690. The van der Waals surface area contributed by atoms with Crippen molar-refractivity contribution in [2.24, 2.45) is 29.6 Å². The predicted molar refractivity (Wildman–Crippen MR) is 126 cm³/mol. The third-order valence-corrected chi connectivity index (χ3v) is 9.89. The van der Waals surface area contributed by atoms with Gasteiger partial charge in [0.05, 0.1) is 22.5 Å². The van der Waals surface area contributed by atoms with Crippen LogP contribution in [0.3, 0.4) is 0 Å². The maximum absolute atomic E-state index is 13.2. The molecule has 3 fully saturated rings. The topological polar surface area (TPSA) is 70.2 Å². The molecule has 3 heterocycles. The number of carbonyl (C=O) groups is 2. The zero-order valence-electron chi connectivity index (χ0n) is 17.2. The van der Waals surface area contributed by atoms with Gasteiger partial charge >= 0.3 is 4.87 Å². The van der Waals surface area contributed by atoms with E-state index in [4.69, 9.17) is 0 Å². The van der Waals surface area contributed by atoms with Gasteiger partial charge in [0, 0.05) is 10.1 Å². The largest absolute Gasteiger partial charge is 0.307 e. The van der Waals surface area contributed by atoms with Crippen LogP contribution in [0, 0.1) is 29.6 Å². The molecule has 3 aromatic rings. The number of benzene rings is 2. The van der Waals surface area contributed by atoms with Crippen LogP contribution in [0.4, 0.5) is 5.69 Å². The fourth-order valence-electron chi connectivity index (χ4n) is 6.15. The molecule has 0 spiro atoms. The Hall–Kier alpha value is -2.64. The summed E-state index contributed by atoms with van der Waals surface area (Å²) in [6, 6.07) is 21.3. The van der Waals surface area contributed by atoms with E-state index in [2.05, 4.69) is 4.98 Å². The number of rotatable bonds is 1. The van der Waals surface area contributed by atoms with E-state index >= 15 is 0 Å². The van der Waals surface area contributed by atoms with Gasteiger partial charge in [-0.2, -0.15) is 0 Å². The van der Waals surface area contributed by atoms with Crippen molar-refractivity contribution < 1.29 is 9.59 Å². The van der Waals surface area contributed by atoms with Crippen molar-refractivity contribution in [3.8, 4) is 0 Å². The Morgan fingerprint density at radius 3 is 2.03 bits per heavy atom. The summed E-state index contributed by atoms with van der Waals surface area (Å²) in [5, 5.41) is 1.33. The summed E-state index contributed by atoms with van der Waals surface area (Å²) in [5.74, 6) is 0.495. The van der Waals surface area contributed by atoms with Gasteiger partial charge in [-0.05, 0) is 42.7 Å². The molecule has 3 unspecified atom stereocenters. The fraction of sp³-hybridized carbons (Fsp3) is 0.320. The number of fused-ring (bicyclic) bond motifs is 9. The lowest BCUT2D eigenvalue weighted by molar-refractivity contribution is -0.123. The number of anilines is 1. The Morgan fingerprint density at radius 2 is 1.38 bits per heavy atom. The van der Waals surface area contributed by atoms with Gasteiger partial charge in [0.1, 0.15) is 0 Å². The van der Waals surface area contributed by atoms with Crippen molar-refractivity contribution in [2.75, 3.05) is 4.90 Å². The summed E-state index contributed by atoms with van der Waals surface area (Å²) in [4.78, 5) is 43.5. The average Bonchev–Trinajstić information content (AvgIpc) is 3.54. The minimum Gasteiger partial charge on any atom is -0.307 e. The number of aromatic nitrogens is 1. The standard InChI is InChI=1S/C19H16N2O3S2.C6H6/c22-17-13-9-6-11(14(13)18(23)21(17)8-4-2-1-3-5-8)15-10(9)7-12-16(26-15)20-19(24)25-12;1-2-4-6-5-3-1/h1-5,9-11,13-15H,6-7H2,(H,20,24);1-6H/t9-,10+,11?,13?,14?,15+;/m1./s1. The molecule has 7 heteroatoms. The summed E-state index contributed by atoms with van der Waals surface area (Å²) in [6.45, 7) is 0. The molecule has 2 bridgehead atoms. The van der Waals surface area contributed by atoms with Crippen molar-refractivity contribution in [1.82, 2.24) is 4.98 Å². The maximum atomic E-state index is 13.2. The predicted octanol–water partition coefficient (Wildman–Crippen LogP) is 4.21. The third-order valence-electron chi connectivity index (χ3n) is 7.30. The smallest absolute Gasteiger partial charge is 0.305 e. The summed E-state index contributed by atoms with van der Waals surface area (Å²) in [7, 11) is 0. The molecule has 2 amide bonds. The van der Waals surface area contributed by atoms with E-state index in [0.717, 1.165) is 22.7 Å². The van der Waals surface area contributed by atoms with Crippen molar-refractivity contribution >= 4 is 40.6 Å². The second-order valence-corrected chi connectivity index (χ2v) is 11.1. The number of carbonyl (C=O) groups excluding carboxylic acids is 2. The van der Waals surface area contributed by atoms with Gasteiger partial charge in [-0.15, -0.1) is 11.8 Å². The summed E-state index contributed by atoms with van der Waals surface area (Å²) >= 11 is 3.03. The quantitative estimate of drug-likeness (QED) is 0.550. The van der Waals surface area contributed by atoms with E-state index in [1.54, 1.807) is 11.8 Å². The minimum absolute atomic E-state index is 0.00239. The monoisotopic (exact) mass is 462 g/mol. The van der Waals surface area contributed by atoms with E-state index in [1.807, 2.05) is 66.7 Å². The normalized spacial score (nSPS) is 31.6. The lowest BCUT2D eigenvalue weighted by Crippen LogP contribution is -2.40. The average molecular weight is 463 g/mol. The zero-order chi connectivity index (χ0) is 21.8. The van der Waals surface area contributed by atoms with E-state index in [0.29, 0.717) is 16.9 Å². The Bertz CT molecular complexity index is 1140. The van der Waals surface area contributed by atoms with Crippen molar-refractivity contribution in [3.63, 3.8) is 0 Å². The molecule has 1 aromatic heterocycles. The van der Waals surface area contributed by atoms with Crippen LogP contribution in [0.5, 0.6) is 0 Å². The first-order valence-corrected chi connectivity index (χ1v) is 12.6. The molecule has 32 heavy (non-hydrogen) atoms. The first kappa shape index (κ1) is 20.0. The van der Waals surface area contributed by atoms with Crippen LogP contribution in [-0.2, 0) is 16.0 Å². The summed E-state index contributed by atoms with van der Waals surface area (Å²) in [6.07, 6.45) is 1.84. The van der Waals surface area contributed by atoms with E-state index < -0.39 is 0 Å². The maximum Gasteiger partial charge on any atom is 0.305 e. The van der Waals surface area contributed by atoms with Gasteiger partial charge in [0.25, 0.3) is 0 Å². The highest BCUT2D eigenvalue weighted by Gasteiger charge is 2.68. The molecule has 6 atom stereocenters. The Balaban J connectivity index is 0.000000285. The van der Waals surface area contributed by atoms with Gasteiger partial charge < -0.3 is 4.98 Å². The van der Waals surface area contributed by atoms with Gasteiger partial charge in [0.2, 0.25) is 11.8 Å². The Labute approximate surface area is 193 Å². The summed E-state index contributed by atoms with van der Waals surface area (Å²) < 4.78 is 0. The number of thiazole rings is 1. The first-order valence-electron chi connectivity index (χ1n) is 10.9. The molecule has 1 saturated heterocycles. The number of thioether (sulfide) groups is 1. The Morgan fingerprint density at radius 1 is 0.781 bits per heavy atom. The van der Waals surface area contributed by atoms with E-state index in [1.165, 1.54) is 16.2 Å². The van der Waals surface area contributed by atoms with E-state index in [9.17, 15) is 14.4 Å². The molecule has 2 aliphatic carbocycles. The van der Waals surface area contributed by atoms with Gasteiger partial charge in [0.15, 0.2) is 0 Å². The number of aromatic amines is 1. The molecule has 0 radical (unpaired) electrons. The number of hydrogen-bond donors (Lipinski definition) is 1. The van der Waals surface area contributed by atoms with Crippen LogP contribution in [0.15, 0.2) is 76.6 Å². The van der Waals surface area contributed by atoms with Crippen LogP contribution in [0.25, 0.3) is 0 Å². The lowest BCUT2D eigenvalue weighted by Gasteiger charge is -2.37. The molecule has 4 aliphatic rings. The van der Waals surface area contributed by atoms with Crippen LogP contribution < -0.4 is 9.77 Å². The molecule has 162 valence electrons. The van der Waals surface area contributed by atoms with Crippen LogP contribution in [0.1, 0.15) is 11.3 Å². The molecule has 2 aliphatic heterocycles. The molecule has 7 rings (SSSR count). The highest BCUT2D eigenvalue weighted by atomic mass is 32.2. The van der Waals surface area contributed by atoms with Crippen molar-refractivity contribution in [3.05, 3.63) is 81.3 Å².